The number of phenols is 2. The second kappa shape index (κ2) is 12.3. The number of esters is 1. The molecule has 0 atom stereocenters. The van der Waals surface area contributed by atoms with Gasteiger partial charge in [0.2, 0.25) is 0 Å². The van der Waals surface area contributed by atoms with Gasteiger partial charge in [-0.15, -0.1) is 0 Å². The zero-order valence-electron chi connectivity index (χ0n) is 18.1. The molecule has 0 unspecified atom stereocenters. The molecule has 0 aliphatic rings. The number of carbonyl (C=O) groups excluding carboxylic acids is 1. The van der Waals surface area contributed by atoms with Crippen LogP contribution in [0.15, 0.2) is 29.4 Å². The molecule has 4 nitrogen and oxygen atoms in total. The maximum atomic E-state index is 12.4. The average Bonchev–Trinajstić information content (AvgIpc) is 2.61. The molecule has 2 N–H and O–H groups in total. The molecule has 1 aromatic rings. The molecule has 0 aliphatic carbocycles. The number of aromatic hydroxyl groups is 2. The smallest absolute Gasteiger partial charge is 0.342 e. The van der Waals surface area contributed by atoms with Crippen LogP contribution in [0.5, 0.6) is 11.5 Å². The fourth-order valence-corrected chi connectivity index (χ4v) is 3.20. The number of hydrogen-bond acceptors (Lipinski definition) is 4. The van der Waals surface area contributed by atoms with Crippen molar-refractivity contribution in [1.29, 1.82) is 0 Å². The van der Waals surface area contributed by atoms with Gasteiger partial charge in [-0.25, -0.2) is 4.79 Å². The first-order valence-electron chi connectivity index (χ1n) is 10.3. The van der Waals surface area contributed by atoms with Crippen molar-refractivity contribution in [2.75, 3.05) is 6.61 Å². The second-order valence-corrected chi connectivity index (χ2v) is 7.50. The SMILES string of the molecule is CCCCCc1c(CC=C(C)CCC=C(C)C)c(O)cc(O)c1C(=O)OCC. The van der Waals surface area contributed by atoms with Crippen LogP contribution in [0.2, 0.25) is 0 Å². The van der Waals surface area contributed by atoms with E-state index in [2.05, 4.69) is 39.8 Å². The van der Waals surface area contributed by atoms with E-state index in [-0.39, 0.29) is 23.7 Å². The van der Waals surface area contributed by atoms with Crippen molar-refractivity contribution in [3.63, 3.8) is 0 Å². The summed E-state index contributed by atoms with van der Waals surface area (Å²) in [5, 5.41) is 20.8. The van der Waals surface area contributed by atoms with Crippen LogP contribution in [-0.4, -0.2) is 22.8 Å². The zero-order chi connectivity index (χ0) is 21.1. The molecule has 156 valence electrons. The third-order valence-corrected chi connectivity index (χ3v) is 4.76. The third-order valence-electron chi connectivity index (χ3n) is 4.76. The van der Waals surface area contributed by atoms with Crippen molar-refractivity contribution < 1.29 is 19.7 Å². The van der Waals surface area contributed by atoms with Crippen molar-refractivity contribution >= 4 is 5.97 Å². The fourth-order valence-electron chi connectivity index (χ4n) is 3.20. The number of ether oxygens (including phenoxy) is 1. The number of phenolic OH excluding ortho intramolecular Hbond substituents is 2. The molecule has 0 saturated carbocycles. The second-order valence-electron chi connectivity index (χ2n) is 7.50. The number of carbonyl (C=O) groups is 1. The minimum Gasteiger partial charge on any atom is -0.508 e. The topological polar surface area (TPSA) is 66.8 Å². The highest BCUT2D eigenvalue weighted by Gasteiger charge is 2.23. The number of allylic oxidation sites excluding steroid dienone is 4. The van der Waals surface area contributed by atoms with Gasteiger partial charge in [0, 0.05) is 11.6 Å². The number of unbranched alkanes of at least 4 members (excludes halogenated alkanes) is 2. The van der Waals surface area contributed by atoms with E-state index in [0.29, 0.717) is 24.0 Å². The maximum absolute atomic E-state index is 12.4. The minimum absolute atomic E-state index is 0.0328. The summed E-state index contributed by atoms with van der Waals surface area (Å²) in [6, 6.07) is 1.26. The third kappa shape index (κ3) is 7.41. The summed E-state index contributed by atoms with van der Waals surface area (Å²) >= 11 is 0. The Bertz CT molecular complexity index is 710. The zero-order valence-corrected chi connectivity index (χ0v) is 18.1. The highest BCUT2D eigenvalue weighted by atomic mass is 16.5. The van der Waals surface area contributed by atoms with E-state index in [9.17, 15) is 15.0 Å². The van der Waals surface area contributed by atoms with Crippen LogP contribution in [-0.2, 0) is 17.6 Å². The summed E-state index contributed by atoms with van der Waals surface area (Å²) in [7, 11) is 0. The van der Waals surface area contributed by atoms with E-state index in [1.165, 1.54) is 17.2 Å². The molecular formula is C24H36O4. The standard InChI is InChI=1S/C24H36O4/c1-6-8-9-13-20-19(15-14-18(5)12-10-11-17(3)4)21(25)16-22(26)23(20)24(27)28-7-2/h11,14,16,25-26H,6-10,12-13,15H2,1-5H3. The number of benzene rings is 1. The quantitative estimate of drug-likeness (QED) is 0.267. The lowest BCUT2D eigenvalue weighted by atomic mass is 9.91. The van der Waals surface area contributed by atoms with E-state index < -0.39 is 5.97 Å². The van der Waals surface area contributed by atoms with Gasteiger partial charge in [-0.05, 0) is 65.4 Å². The Morgan fingerprint density at radius 1 is 1.04 bits per heavy atom. The first-order valence-corrected chi connectivity index (χ1v) is 10.3. The predicted molar refractivity (Wildman–Crippen MR) is 115 cm³/mol. The van der Waals surface area contributed by atoms with E-state index in [0.717, 1.165) is 32.1 Å². The van der Waals surface area contributed by atoms with Gasteiger partial charge in [0.15, 0.2) is 0 Å². The van der Waals surface area contributed by atoms with Crippen molar-refractivity contribution in [3.8, 4) is 11.5 Å². The Hall–Kier alpha value is -2.23. The molecule has 0 saturated heterocycles. The van der Waals surface area contributed by atoms with Gasteiger partial charge in [-0.3, -0.25) is 0 Å². The van der Waals surface area contributed by atoms with Gasteiger partial charge >= 0.3 is 5.97 Å². The Balaban J connectivity index is 3.21. The van der Waals surface area contributed by atoms with Crippen LogP contribution in [0.3, 0.4) is 0 Å². The summed E-state index contributed by atoms with van der Waals surface area (Å²) in [6.07, 6.45) is 10.4. The molecular weight excluding hydrogens is 352 g/mol. The summed E-state index contributed by atoms with van der Waals surface area (Å²) in [5.41, 5.74) is 4.15. The highest BCUT2D eigenvalue weighted by Crippen LogP contribution is 2.35. The van der Waals surface area contributed by atoms with Gasteiger partial charge in [-0.1, -0.05) is 43.1 Å². The van der Waals surface area contributed by atoms with Crippen molar-refractivity contribution in [2.24, 2.45) is 0 Å². The molecule has 1 rings (SSSR count). The Kier molecular flexibility index (Phi) is 10.4. The molecule has 4 heteroatoms. The molecule has 28 heavy (non-hydrogen) atoms. The Labute approximate surface area is 169 Å². The lowest BCUT2D eigenvalue weighted by Gasteiger charge is -2.17. The van der Waals surface area contributed by atoms with E-state index in [1.807, 2.05) is 0 Å². The van der Waals surface area contributed by atoms with E-state index >= 15 is 0 Å². The predicted octanol–water partition coefficient (Wildman–Crippen LogP) is 6.24. The van der Waals surface area contributed by atoms with Gasteiger partial charge in [0.1, 0.15) is 17.1 Å². The molecule has 0 radical (unpaired) electrons. The lowest BCUT2D eigenvalue weighted by Crippen LogP contribution is -2.11. The van der Waals surface area contributed by atoms with Gasteiger partial charge < -0.3 is 14.9 Å². The van der Waals surface area contributed by atoms with Crippen LogP contribution in [0, 0.1) is 0 Å². The van der Waals surface area contributed by atoms with Crippen molar-refractivity contribution in [1.82, 2.24) is 0 Å². The molecule has 0 aromatic heterocycles. The summed E-state index contributed by atoms with van der Waals surface area (Å²) in [6.45, 7) is 10.4. The Morgan fingerprint density at radius 3 is 2.36 bits per heavy atom. The molecule has 0 spiro atoms. The summed E-state index contributed by atoms with van der Waals surface area (Å²) in [4.78, 5) is 12.4. The fraction of sp³-hybridized carbons (Fsp3) is 0.542. The molecule has 0 amide bonds. The van der Waals surface area contributed by atoms with Crippen LogP contribution in [0.1, 0.15) is 88.2 Å². The highest BCUT2D eigenvalue weighted by molar-refractivity contribution is 5.95. The van der Waals surface area contributed by atoms with Gasteiger partial charge in [0.25, 0.3) is 0 Å². The molecule has 0 heterocycles. The first kappa shape index (κ1) is 23.8. The van der Waals surface area contributed by atoms with E-state index in [1.54, 1.807) is 6.92 Å². The number of hydrogen-bond donors (Lipinski definition) is 2. The maximum Gasteiger partial charge on any atom is 0.342 e. The van der Waals surface area contributed by atoms with Crippen LogP contribution < -0.4 is 0 Å². The molecule has 0 bridgehead atoms. The largest absolute Gasteiger partial charge is 0.508 e. The van der Waals surface area contributed by atoms with Gasteiger partial charge in [0.05, 0.1) is 6.61 Å². The minimum atomic E-state index is -0.531. The van der Waals surface area contributed by atoms with E-state index in [4.69, 9.17) is 4.74 Å². The van der Waals surface area contributed by atoms with Crippen LogP contribution in [0.25, 0.3) is 0 Å². The molecule has 0 aliphatic heterocycles. The van der Waals surface area contributed by atoms with Crippen LogP contribution >= 0.6 is 0 Å². The Morgan fingerprint density at radius 2 is 1.75 bits per heavy atom. The van der Waals surface area contributed by atoms with Crippen molar-refractivity contribution in [2.45, 2.75) is 79.6 Å². The van der Waals surface area contributed by atoms with Crippen LogP contribution in [0.4, 0.5) is 0 Å². The first-order chi connectivity index (χ1) is 13.3. The van der Waals surface area contributed by atoms with Gasteiger partial charge in [-0.2, -0.15) is 0 Å². The molecule has 1 aromatic carbocycles. The normalized spacial score (nSPS) is 11.4. The lowest BCUT2D eigenvalue weighted by molar-refractivity contribution is 0.0521. The summed E-state index contributed by atoms with van der Waals surface area (Å²) < 4.78 is 5.15. The average molecular weight is 389 g/mol. The molecule has 0 fully saturated rings. The summed E-state index contributed by atoms with van der Waals surface area (Å²) in [5.74, 6) is -0.710. The number of rotatable bonds is 11. The monoisotopic (exact) mass is 388 g/mol. The van der Waals surface area contributed by atoms with Crippen molar-refractivity contribution in [3.05, 3.63) is 46.1 Å².